The van der Waals surface area contributed by atoms with Gasteiger partial charge >= 0.3 is 0 Å². The minimum Gasteiger partial charge on any atom is -0.432 e. The van der Waals surface area contributed by atoms with Crippen LogP contribution in [0, 0.1) is 6.92 Å². The van der Waals surface area contributed by atoms with Crippen LogP contribution in [0.25, 0.3) is 5.52 Å². The monoisotopic (exact) mass is 454 g/mol. The molecule has 1 fully saturated rings. The Bertz CT molecular complexity index is 1390. The third kappa shape index (κ3) is 3.06. The first-order valence-electron chi connectivity index (χ1n) is 10.7. The number of nitrogens with one attached hydrogen (secondary N) is 1. The number of alkyl halides is 2. The first kappa shape index (κ1) is 20.0. The molecule has 5 heterocycles. The quantitative estimate of drug-likeness (QED) is 0.490. The van der Waals surface area contributed by atoms with Crippen LogP contribution in [0.4, 0.5) is 8.78 Å². The van der Waals surface area contributed by atoms with E-state index in [9.17, 15) is 18.7 Å². The topological polar surface area (TPSA) is 113 Å². The van der Waals surface area contributed by atoms with Crippen LogP contribution in [0.15, 0.2) is 35.0 Å². The minimum absolute atomic E-state index is 0.237. The van der Waals surface area contributed by atoms with Crippen LogP contribution in [-0.2, 0) is 12.0 Å². The van der Waals surface area contributed by atoms with Gasteiger partial charge in [-0.1, -0.05) is 6.07 Å². The number of H-pyrrole nitrogens is 1. The summed E-state index contributed by atoms with van der Waals surface area (Å²) in [6, 6.07) is 6.89. The van der Waals surface area contributed by atoms with Crippen molar-refractivity contribution in [2.24, 2.45) is 0 Å². The molecule has 4 aromatic rings. The van der Waals surface area contributed by atoms with Crippen molar-refractivity contribution in [2.45, 2.75) is 44.3 Å². The predicted octanol–water partition coefficient (Wildman–Crippen LogP) is 3.06. The predicted molar refractivity (Wildman–Crippen MR) is 110 cm³/mol. The molecule has 0 radical (unpaired) electrons. The molecule has 6 rings (SSSR count). The van der Waals surface area contributed by atoms with Crippen molar-refractivity contribution in [3.63, 3.8) is 0 Å². The third-order valence-corrected chi connectivity index (χ3v) is 6.34. The molecule has 9 nitrogen and oxygen atoms in total. The number of fused-ring (bicyclic) bond motifs is 2. The number of hydrogen-bond donors (Lipinski definition) is 2. The van der Waals surface area contributed by atoms with Gasteiger partial charge in [-0.3, -0.25) is 4.79 Å². The maximum Gasteiger partial charge on any atom is 0.292 e. The number of halogens is 2. The van der Waals surface area contributed by atoms with Crippen LogP contribution in [0.2, 0.25) is 0 Å². The normalized spacial score (nSPS) is 19.3. The van der Waals surface area contributed by atoms with E-state index >= 15 is 0 Å². The van der Waals surface area contributed by atoms with Crippen LogP contribution in [0.5, 0.6) is 0 Å². The molecule has 0 unspecified atom stereocenters. The summed E-state index contributed by atoms with van der Waals surface area (Å²) in [6.07, 6.45) is -0.294. The number of rotatable bonds is 4. The van der Waals surface area contributed by atoms with Gasteiger partial charge in [-0.2, -0.15) is 5.10 Å². The molecule has 0 aromatic carbocycles. The molecule has 0 bridgehead atoms. The Hall–Kier alpha value is -3.60. The number of hydrogen-bond acceptors (Lipinski definition) is 6. The van der Waals surface area contributed by atoms with Gasteiger partial charge in [0.25, 0.3) is 12.3 Å². The van der Waals surface area contributed by atoms with Crippen LogP contribution in [0.1, 0.15) is 70.2 Å². The summed E-state index contributed by atoms with van der Waals surface area (Å²) >= 11 is 0. The Morgan fingerprint density at radius 1 is 1.36 bits per heavy atom. The number of imidazole rings is 1. The lowest BCUT2D eigenvalue weighted by Gasteiger charge is -2.33. The second kappa shape index (κ2) is 6.95. The molecule has 1 aliphatic heterocycles. The largest absolute Gasteiger partial charge is 0.432 e. The second-order valence-electron chi connectivity index (χ2n) is 8.56. The molecular weight excluding hydrogens is 434 g/mol. The molecule has 4 aromatic heterocycles. The lowest BCUT2D eigenvalue weighted by Crippen LogP contribution is -2.41. The zero-order valence-electron chi connectivity index (χ0n) is 17.6. The van der Waals surface area contributed by atoms with E-state index in [4.69, 9.17) is 4.42 Å². The van der Waals surface area contributed by atoms with E-state index in [0.717, 1.165) is 16.9 Å². The van der Waals surface area contributed by atoms with E-state index < -0.39 is 35.4 Å². The molecule has 170 valence electrons. The summed E-state index contributed by atoms with van der Waals surface area (Å²) in [5.74, 6) is -1.52. The van der Waals surface area contributed by atoms with Gasteiger partial charge in [-0.05, 0) is 38.0 Å². The molecule has 11 heteroatoms. The average Bonchev–Trinajstić information content (AvgIpc) is 3.24. The molecule has 33 heavy (non-hydrogen) atoms. The minimum atomic E-state index is -3.02. The maximum absolute atomic E-state index is 13.8. The van der Waals surface area contributed by atoms with Gasteiger partial charge in [0.1, 0.15) is 11.6 Å². The summed E-state index contributed by atoms with van der Waals surface area (Å²) in [4.78, 5) is 26.3. The Labute approximate surface area is 186 Å². The number of aliphatic hydroxyl groups is 1. The lowest BCUT2D eigenvalue weighted by atomic mass is 9.99. The van der Waals surface area contributed by atoms with Gasteiger partial charge in [-0.15, -0.1) is 0 Å². The van der Waals surface area contributed by atoms with E-state index in [2.05, 4.69) is 20.1 Å². The van der Waals surface area contributed by atoms with Gasteiger partial charge in [-0.25, -0.2) is 23.3 Å². The Kier molecular flexibility index (Phi) is 4.22. The summed E-state index contributed by atoms with van der Waals surface area (Å²) in [5.41, 5.74) is 1.64. The van der Waals surface area contributed by atoms with E-state index in [0.29, 0.717) is 30.7 Å². The number of amides is 1. The molecule has 2 N–H and O–H groups in total. The number of carbonyl (C=O) groups excluding carboxylic acids is 1. The van der Waals surface area contributed by atoms with Gasteiger partial charge in [0.05, 0.1) is 23.2 Å². The Morgan fingerprint density at radius 2 is 2.18 bits per heavy atom. The maximum atomic E-state index is 13.8. The number of aromatic amines is 1. The lowest BCUT2D eigenvalue weighted by molar-refractivity contribution is 0.0624. The summed E-state index contributed by atoms with van der Waals surface area (Å²) in [5, 5.41) is 15.0. The van der Waals surface area contributed by atoms with E-state index in [1.807, 2.05) is 31.2 Å². The van der Waals surface area contributed by atoms with Crippen LogP contribution < -0.4 is 0 Å². The molecule has 1 saturated carbocycles. The zero-order chi connectivity index (χ0) is 22.9. The molecule has 1 amide bonds. The van der Waals surface area contributed by atoms with Crippen LogP contribution >= 0.6 is 0 Å². The van der Waals surface area contributed by atoms with Crippen molar-refractivity contribution in [3.05, 3.63) is 70.7 Å². The SMILES string of the molecule is Cc1cccc2cc([C@@H]3c4nc[nH]c4CCN3C(=O)c3oc(C4(O)CC4)nc3C(F)F)nn12. The van der Waals surface area contributed by atoms with Crippen LogP contribution in [-0.4, -0.2) is 47.0 Å². The smallest absolute Gasteiger partial charge is 0.292 e. The number of aromatic nitrogens is 5. The highest BCUT2D eigenvalue weighted by Crippen LogP contribution is 2.46. The highest BCUT2D eigenvalue weighted by Gasteiger charge is 2.49. The number of nitrogens with zero attached hydrogens (tertiary/aromatic N) is 5. The molecule has 1 atom stereocenters. The summed E-state index contributed by atoms with van der Waals surface area (Å²) in [6.45, 7) is 2.16. The number of pyridine rings is 1. The van der Waals surface area contributed by atoms with Gasteiger partial charge in [0.15, 0.2) is 5.69 Å². The zero-order valence-corrected chi connectivity index (χ0v) is 17.6. The fourth-order valence-electron chi connectivity index (χ4n) is 4.40. The van der Waals surface area contributed by atoms with Crippen molar-refractivity contribution in [1.29, 1.82) is 0 Å². The fraction of sp³-hybridized carbons (Fsp3) is 0.364. The molecule has 1 aliphatic carbocycles. The van der Waals surface area contributed by atoms with Gasteiger partial charge in [0, 0.05) is 24.4 Å². The second-order valence-corrected chi connectivity index (χ2v) is 8.56. The van der Waals surface area contributed by atoms with Crippen molar-refractivity contribution in [1.82, 2.24) is 29.5 Å². The third-order valence-electron chi connectivity index (χ3n) is 6.34. The average molecular weight is 454 g/mol. The summed E-state index contributed by atoms with van der Waals surface area (Å²) < 4.78 is 34.8. The van der Waals surface area contributed by atoms with Crippen molar-refractivity contribution < 1.29 is 23.1 Å². The van der Waals surface area contributed by atoms with Crippen molar-refractivity contribution >= 4 is 11.4 Å². The number of oxazole rings is 1. The standard InChI is InChI=1S/C22H20F2N6O3/c1-11-3-2-4-12-9-14(28-30(11)12)17-15-13(25-10-26-15)5-8-29(17)20(31)18-16(19(23)24)27-21(33-18)22(32)6-7-22/h2-4,9-10,17,19,32H,5-8H2,1H3,(H,25,26)/t17-/m1/s1. The fourth-order valence-corrected chi connectivity index (χ4v) is 4.40. The van der Waals surface area contributed by atoms with E-state index in [1.165, 1.54) is 4.90 Å². The number of carbonyl (C=O) groups is 1. The highest BCUT2D eigenvalue weighted by atomic mass is 19.3. The van der Waals surface area contributed by atoms with E-state index in [-0.39, 0.29) is 12.4 Å². The molecular formula is C22H20F2N6O3. The Morgan fingerprint density at radius 3 is 2.91 bits per heavy atom. The van der Waals surface area contributed by atoms with Crippen molar-refractivity contribution in [2.75, 3.05) is 6.54 Å². The molecule has 0 spiro atoms. The van der Waals surface area contributed by atoms with Crippen molar-refractivity contribution in [3.8, 4) is 0 Å². The van der Waals surface area contributed by atoms with Crippen LogP contribution in [0.3, 0.4) is 0 Å². The molecule has 0 saturated heterocycles. The first-order chi connectivity index (χ1) is 15.9. The van der Waals surface area contributed by atoms with Gasteiger partial charge < -0.3 is 19.4 Å². The van der Waals surface area contributed by atoms with Gasteiger partial charge in [0.2, 0.25) is 11.7 Å². The van der Waals surface area contributed by atoms with E-state index in [1.54, 1.807) is 10.8 Å². The molecule has 2 aliphatic rings. The highest BCUT2D eigenvalue weighted by molar-refractivity contribution is 5.93. The first-order valence-corrected chi connectivity index (χ1v) is 10.7. The summed E-state index contributed by atoms with van der Waals surface area (Å²) in [7, 11) is 0. The Balaban J connectivity index is 1.46. The number of aryl methyl sites for hydroxylation is 1.